The van der Waals surface area contributed by atoms with Crippen molar-refractivity contribution in [1.29, 1.82) is 0 Å². The number of hydrogen-bond acceptors (Lipinski definition) is 4. The van der Waals surface area contributed by atoms with Crippen LogP contribution >= 0.6 is 0 Å². The normalized spacial score (nSPS) is 18.8. The maximum Gasteiger partial charge on any atom is 0.232 e. The van der Waals surface area contributed by atoms with Gasteiger partial charge in [0, 0.05) is 11.5 Å². The van der Waals surface area contributed by atoms with Crippen LogP contribution in [-0.4, -0.2) is 27.8 Å². The number of carbonyl (C=O) groups excluding carboxylic acids is 1. The molecule has 0 radical (unpaired) electrons. The zero-order valence-corrected chi connectivity index (χ0v) is 16.3. The van der Waals surface area contributed by atoms with Crippen LogP contribution in [0.25, 0.3) is 0 Å². The van der Waals surface area contributed by atoms with Crippen LogP contribution in [-0.2, 0) is 4.79 Å². The predicted molar refractivity (Wildman–Crippen MR) is 107 cm³/mol. The fraction of sp³-hybridized carbons (Fsp3) is 0.318. The van der Waals surface area contributed by atoms with Gasteiger partial charge in [0.15, 0.2) is 0 Å². The van der Waals surface area contributed by atoms with Gasteiger partial charge in [-0.2, -0.15) is 10.1 Å². The number of rotatable bonds is 4. The maximum atomic E-state index is 13.1. The molecule has 2 aromatic carbocycles. The molecule has 0 N–H and O–H groups in total. The topological polar surface area (TPSA) is 60.2 Å². The van der Waals surface area contributed by atoms with E-state index in [-0.39, 0.29) is 23.9 Å². The molecule has 1 aromatic heterocycles. The van der Waals surface area contributed by atoms with Crippen LogP contribution in [0.3, 0.4) is 0 Å². The Morgan fingerprint density at radius 1 is 1.07 bits per heavy atom. The first kappa shape index (κ1) is 18.2. The van der Waals surface area contributed by atoms with Crippen molar-refractivity contribution in [3.05, 3.63) is 72.1 Å². The van der Waals surface area contributed by atoms with Crippen molar-refractivity contribution in [1.82, 2.24) is 14.8 Å². The molecule has 1 aliphatic heterocycles. The number of amides is 1. The first-order chi connectivity index (χ1) is 13.6. The number of methoxy groups -OCH3 is 1. The number of carbonyl (C=O) groups is 1. The van der Waals surface area contributed by atoms with Gasteiger partial charge in [0.25, 0.3) is 0 Å². The Morgan fingerprint density at radius 2 is 1.79 bits per heavy atom. The van der Waals surface area contributed by atoms with E-state index < -0.39 is 0 Å². The molecule has 1 aliphatic rings. The van der Waals surface area contributed by atoms with E-state index in [1.165, 1.54) is 6.33 Å². The zero-order valence-electron chi connectivity index (χ0n) is 16.3. The van der Waals surface area contributed by atoms with Gasteiger partial charge in [-0.15, -0.1) is 0 Å². The molecule has 0 saturated heterocycles. The van der Waals surface area contributed by atoms with E-state index in [0.29, 0.717) is 12.4 Å². The number of nitrogens with zero attached hydrogens (tertiary/aromatic N) is 4. The highest BCUT2D eigenvalue weighted by Gasteiger charge is 2.40. The summed E-state index contributed by atoms with van der Waals surface area (Å²) in [6, 6.07) is 17.9. The SMILES string of the molecule is COc1ccccc1[C@@H]1C[C@H](c2ccccc2)N(C(=O)C(C)C)c2ncnn21. The number of para-hydroxylation sites is 1. The van der Waals surface area contributed by atoms with Gasteiger partial charge in [-0.25, -0.2) is 4.68 Å². The lowest BCUT2D eigenvalue weighted by molar-refractivity contribution is -0.122. The van der Waals surface area contributed by atoms with Crippen molar-refractivity contribution >= 4 is 11.9 Å². The Morgan fingerprint density at radius 3 is 2.50 bits per heavy atom. The molecule has 0 saturated carbocycles. The second kappa shape index (κ2) is 7.46. The van der Waals surface area contributed by atoms with Gasteiger partial charge in [0.2, 0.25) is 11.9 Å². The molecular formula is C22H24N4O2. The fourth-order valence-electron chi connectivity index (χ4n) is 3.88. The molecule has 3 aromatic rings. The molecule has 28 heavy (non-hydrogen) atoms. The van der Waals surface area contributed by atoms with Crippen LogP contribution in [0, 0.1) is 5.92 Å². The number of anilines is 1. The predicted octanol–water partition coefficient (Wildman–Crippen LogP) is 4.01. The van der Waals surface area contributed by atoms with Gasteiger partial charge in [-0.1, -0.05) is 62.4 Å². The highest BCUT2D eigenvalue weighted by atomic mass is 16.5. The molecular weight excluding hydrogens is 352 g/mol. The van der Waals surface area contributed by atoms with Gasteiger partial charge < -0.3 is 4.74 Å². The first-order valence-electron chi connectivity index (χ1n) is 9.52. The highest BCUT2D eigenvalue weighted by Crippen LogP contribution is 2.44. The van der Waals surface area contributed by atoms with Crippen LogP contribution in [0.4, 0.5) is 5.95 Å². The molecule has 1 amide bonds. The zero-order chi connectivity index (χ0) is 19.7. The highest BCUT2D eigenvalue weighted by molar-refractivity contribution is 5.94. The maximum absolute atomic E-state index is 13.1. The number of hydrogen-bond donors (Lipinski definition) is 0. The monoisotopic (exact) mass is 376 g/mol. The van der Waals surface area contributed by atoms with Crippen LogP contribution in [0.1, 0.15) is 43.5 Å². The van der Waals surface area contributed by atoms with E-state index in [9.17, 15) is 4.79 Å². The second-order valence-corrected chi connectivity index (χ2v) is 7.29. The van der Waals surface area contributed by atoms with Crippen LogP contribution in [0.5, 0.6) is 5.75 Å². The van der Waals surface area contributed by atoms with Crippen molar-refractivity contribution in [2.75, 3.05) is 12.0 Å². The van der Waals surface area contributed by atoms with Crippen molar-refractivity contribution in [2.24, 2.45) is 5.92 Å². The Kier molecular flexibility index (Phi) is 4.86. The lowest BCUT2D eigenvalue weighted by atomic mass is 9.91. The van der Waals surface area contributed by atoms with Gasteiger partial charge in [0.1, 0.15) is 12.1 Å². The molecule has 2 atom stereocenters. The Labute approximate surface area is 164 Å². The lowest BCUT2D eigenvalue weighted by Gasteiger charge is -2.40. The Balaban J connectivity index is 1.87. The summed E-state index contributed by atoms with van der Waals surface area (Å²) in [6.07, 6.45) is 2.21. The number of ether oxygens (including phenoxy) is 1. The minimum absolute atomic E-state index is 0.0431. The van der Waals surface area contributed by atoms with E-state index in [1.807, 2.05) is 54.9 Å². The summed E-state index contributed by atoms with van der Waals surface area (Å²) < 4.78 is 7.45. The summed E-state index contributed by atoms with van der Waals surface area (Å²) in [6.45, 7) is 3.83. The lowest BCUT2D eigenvalue weighted by Crippen LogP contribution is -2.44. The summed E-state index contributed by atoms with van der Waals surface area (Å²) in [4.78, 5) is 19.4. The van der Waals surface area contributed by atoms with Crippen molar-refractivity contribution in [3.63, 3.8) is 0 Å². The minimum atomic E-state index is -0.140. The summed E-state index contributed by atoms with van der Waals surface area (Å²) in [5, 5.41) is 4.47. The van der Waals surface area contributed by atoms with Gasteiger partial charge in [-0.3, -0.25) is 9.69 Å². The van der Waals surface area contributed by atoms with Crippen LogP contribution in [0.2, 0.25) is 0 Å². The van der Waals surface area contributed by atoms with Crippen molar-refractivity contribution in [3.8, 4) is 5.75 Å². The molecule has 2 heterocycles. The van der Waals surface area contributed by atoms with Crippen LogP contribution < -0.4 is 9.64 Å². The third-order valence-electron chi connectivity index (χ3n) is 5.24. The molecule has 0 aliphatic carbocycles. The number of benzene rings is 2. The van der Waals surface area contributed by atoms with E-state index in [1.54, 1.807) is 12.0 Å². The largest absolute Gasteiger partial charge is 0.496 e. The van der Waals surface area contributed by atoms with E-state index >= 15 is 0 Å². The molecule has 6 heteroatoms. The van der Waals surface area contributed by atoms with Crippen molar-refractivity contribution in [2.45, 2.75) is 32.4 Å². The molecule has 0 spiro atoms. The van der Waals surface area contributed by atoms with Gasteiger partial charge >= 0.3 is 0 Å². The third kappa shape index (κ3) is 3.05. The fourth-order valence-corrected chi connectivity index (χ4v) is 3.88. The Hall–Kier alpha value is -3.15. The van der Waals surface area contributed by atoms with E-state index in [0.717, 1.165) is 16.9 Å². The second-order valence-electron chi connectivity index (χ2n) is 7.29. The molecule has 4 rings (SSSR count). The third-order valence-corrected chi connectivity index (χ3v) is 5.24. The van der Waals surface area contributed by atoms with Crippen molar-refractivity contribution < 1.29 is 9.53 Å². The summed E-state index contributed by atoms with van der Waals surface area (Å²) in [7, 11) is 1.67. The van der Waals surface area contributed by atoms with E-state index in [4.69, 9.17) is 4.74 Å². The molecule has 0 bridgehead atoms. The molecule has 144 valence electrons. The average Bonchev–Trinajstić information content (AvgIpc) is 3.22. The quantitative estimate of drug-likeness (QED) is 0.690. The van der Waals surface area contributed by atoms with E-state index in [2.05, 4.69) is 28.3 Å². The standard InChI is InChI=1S/C22H24N4O2/c1-15(2)21(27)25-18(16-9-5-4-6-10-16)13-19(26-22(25)23-14-24-26)17-11-7-8-12-20(17)28-3/h4-12,14-15,18-19H,13H2,1-3H3/t18-,19+/m1/s1. The molecule has 0 fully saturated rings. The minimum Gasteiger partial charge on any atom is -0.496 e. The molecule has 0 unspecified atom stereocenters. The van der Waals surface area contributed by atoms with Gasteiger partial charge in [0.05, 0.1) is 19.2 Å². The van der Waals surface area contributed by atoms with Crippen LogP contribution in [0.15, 0.2) is 60.9 Å². The Bertz CT molecular complexity index is 967. The van der Waals surface area contributed by atoms with Gasteiger partial charge in [-0.05, 0) is 18.1 Å². The summed E-state index contributed by atoms with van der Waals surface area (Å²) in [5.41, 5.74) is 2.12. The first-order valence-corrected chi connectivity index (χ1v) is 9.52. The number of aromatic nitrogens is 3. The number of fused-ring (bicyclic) bond motifs is 1. The molecule has 6 nitrogen and oxygen atoms in total. The summed E-state index contributed by atoms with van der Waals surface area (Å²) >= 11 is 0. The summed E-state index contributed by atoms with van der Waals surface area (Å²) in [5.74, 6) is 1.29. The average molecular weight is 376 g/mol. The smallest absolute Gasteiger partial charge is 0.232 e.